The quantitative estimate of drug-likeness (QED) is 0.921. The molecule has 0 aromatic carbocycles. The van der Waals surface area contributed by atoms with Gasteiger partial charge < -0.3 is 10.2 Å². The van der Waals surface area contributed by atoms with Gasteiger partial charge in [-0.05, 0) is 66.8 Å². The van der Waals surface area contributed by atoms with Gasteiger partial charge in [-0.1, -0.05) is 0 Å². The van der Waals surface area contributed by atoms with Crippen LogP contribution in [0.4, 0.5) is 0 Å². The maximum atomic E-state index is 3.83. The second kappa shape index (κ2) is 5.00. The first kappa shape index (κ1) is 12.2. The molecule has 0 radical (unpaired) electrons. The first-order valence-corrected chi connectivity index (χ1v) is 8.07. The zero-order chi connectivity index (χ0) is 11.8. The van der Waals surface area contributed by atoms with Crippen LogP contribution in [-0.4, -0.2) is 30.6 Å². The van der Waals surface area contributed by atoms with Crippen LogP contribution in [0.25, 0.3) is 0 Å². The number of fused-ring (bicyclic) bond motifs is 3. The maximum Gasteiger partial charge on any atom is 0.0701 e. The Morgan fingerprint density at radius 3 is 2.71 bits per heavy atom. The predicted octanol–water partition coefficient (Wildman–Crippen LogP) is 3.26. The molecule has 3 saturated heterocycles. The summed E-state index contributed by atoms with van der Waals surface area (Å²) < 4.78 is 1.23. The van der Waals surface area contributed by atoms with E-state index in [9.17, 15) is 0 Å². The van der Waals surface area contributed by atoms with Crippen LogP contribution < -0.4 is 5.32 Å². The highest BCUT2D eigenvalue weighted by atomic mass is 79.9. The summed E-state index contributed by atoms with van der Waals surface area (Å²) in [5, 5.41) is 3.83. The van der Waals surface area contributed by atoms with E-state index in [1.54, 1.807) is 0 Å². The van der Waals surface area contributed by atoms with Crippen molar-refractivity contribution in [3.05, 3.63) is 20.8 Å². The molecule has 1 aromatic rings. The molecule has 1 N–H and O–H groups in total. The van der Waals surface area contributed by atoms with Gasteiger partial charge in [0.1, 0.15) is 0 Å². The fourth-order valence-electron chi connectivity index (χ4n) is 3.12. The SMILES string of the molecule is CC(NC1CN2CCC1CC2)c1ccc(Br)s1. The lowest BCUT2D eigenvalue weighted by molar-refractivity contribution is 0.0682. The number of nitrogens with one attached hydrogen (secondary N) is 1. The van der Waals surface area contributed by atoms with Crippen molar-refractivity contribution in [3.63, 3.8) is 0 Å². The van der Waals surface area contributed by atoms with Crippen molar-refractivity contribution in [2.45, 2.75) is 31.8 Å². The average Bonchev–Trinajstić information content (AvgIpc) is 2.77. The Hall–Kier alpha value is 0.1000. The van der Waals surface area contributed by atoms with Crippen molar-refractivity contribution < 1.29 is 0 Å². The number of rotatable bonds is 3. The Morgan fingerprint density at radius 1 is 1.41 bits per heavy atom. The van der Waals surface area contributed by atoms with Crippen molar-refractivity contribution in [2.75, 3.05) is 19.6 Å². The normalized spacial score (nSPS) is 33.9. The lowest BCUT2D eigenvalue weighted by Crippen LogP contribution is -2.56. The third-order valence-corrected chi connectivity index (χ3v) is 5.95. The molecule has 4 heterocycles. The average molecular weight is 315 g/mol. The van der Waals surface area contributed by atoms with Crippen LogP contribution in [0.15, 0.2) is 15.9 Å². The van der Waals surface area contributed by atoms with Gasteiger partial charge in [-0.15, -0.1) is 11.3 Å². The molecule has 0 aliphatic carbocycles. The fraction of sp³-hybridized carbons (Fsp3) is 0.692. The van der Waals surface area contributed by atoms with Crippen LogP contribution in [0.5, 0.6) is 0 Å². The molecule has 2 bridgehead atoms. The molecule has 0 amide bonds. The molecule has 2 unspecified atom stereocenters. The summed E-state index contributed by atoms with van der Waals surface area (Å²) in [5.74, 6) is 0.908. The summed E-state index contributed by atoms with van der Waals surface area (Å²) >= 11 is 5.39. The van der Waals surface area contributed by atoms with E-state index in [0.29, 0.717) is 12.1 Å². The van der Waals surface area contributed by atoms with E-state index in [-0.39, 0.29) is 0 Å². The molecule has 2 atom stereocenters. The van der Waals surface area contributed by atoms with Crippen molar-refractivity contribution >= 4 is 27.3 Å². The molecule has 3 aliphatic heterocycles. The summed E-state index contributed by atoms with van der Waals surface area (Å²) in [6, 6.07) is 5.56. The first-order valence-electron chi connectivity index (χ1n) is 6.46. The molecule has 3 fully saturated rings. The summed E-state index contributed by atoms with van der Waals surface area (Å²) in [5.41, 5.74) is 0. The molecule has 94 valence electrons. The molecule has 0 spiro atoms. The largest absolute Gasteiger partial charge is 0.305 e. The Morgan fingerprint density at radius 2 is 2.18 bits per heavy atom. The topological polar surface area (TPSA) is 15.3 Å². The number of hydrogen-bond acceptors (Lipinski definition) is 3. The van der Waals surface area contributed by atoms with Gasteiger partial charge in [-0.2, -0.15) is 0 Å². The predicted molar refractivity (Wildman–Crippen MR) is 76.5 cm³/mol. The number of nitrogens with zero attached hydrogens (tertiary/aromatic N) is 1. The number of hydrogen-bond donors (Lipinski definition) is 1. The van der Waals surface area contributed by atoms with Crippen LogP contribution >= 0.6 is 27.3 Å². The molecule has 4 heteroatoms. The van der Waals surface area contributed by atoms with E-state index in [1.807, 2.05) is 11.3 Å². The van der Waals surface area contributed by atoms with Gasteiger partial charge in [0.05, 0.1) is 3.79 Å². The van der Waals surface area contributed by atoms with Crippen LogP contribution in [0.2, 0.25) is 0 Å². The molecule has 2 nitrogen and oxygen atoms in total. The Labute approximate surface area is 116 Å². The first-order chi connectivity index (χ1) is 8.22. The Balaban J connectivity index is 1.63. The fourth-order valence-corrected chi connectivity index (χ4v) is 4.55. The Kier molecular flexibility index (Phi) is 3.57. The zero-order valence-electron chi connectivity index (χ0n) is 10.2. The van der Waals surface area contributed by atoms with Gasteiger partial charge in [0.15, 0.2) is 0 Å². The lowest BCUT2D eigenvalue weighted by atomic mass is 9.83. The maximum absolute atomic E-state index is 3.83. The molecule has 1 aromatic heterocycles. The van der Waals surface area contributed by atoms with Gasteiger partial charge in [0.25, 0.3) is 0 Å². The monoisotopic (exact) mass is 314 g/mol. The minimum absolute atomic E-state index is 0.483. The van der Waals surface area contributed by atoms with E-state index in [0.717, 1.165) is 5.92 Å². The highest BCUT2D eigenvalue weighted by molar-refractivity contribution is 9.11. The van der Waals surface area contributed by atoms with Crippen molar-refractivity contribution in [1.29, 1.82) is 0 Å². The molecule has 0 saturated carbocycles. The number of halogens is 1. The third kappa shape index (κ3) is 2.60. The van der Waals surface area contributed by atoms with E-state index in [4.69, 9.17) is 0 Å². The summed E-state index contributed by atoms with van der Waals surface area (Å²) in [7, 11) is 0. The minimum Gasteiger partial charge on any atom is -0.305 e. The van der Waals surface area contributed by atoms with Crippen LogP contribution in [0.1, 0.15) is 30.7 Å². The summed E-state index contributed by atoms with van der Waals surface area (Å²) in [6.07, 6.45) is 2.77. The van der Waals surface area contributed by atoms with E-state index < -0.39 is 0 Å². The highest BCUT2D eigenvalue weighted by Crippen LogP contribution is 2.31. The van der Waals surface area contributed by atoms with E-state index in [1.165, 1.54) is 41.1 Å². The number of thiophene rings is 1. The summed E-state index contributed by atoms with van der Waals surface area (Å²) in [4.78, 5) is 4.04. The van der Waals surface area contributed by atoms with Gasteiger partial charge in [0.2, 0.25) is 0 Å². The molecule has 17 heavy (non-hydrogen) atoms. The minimum atomic E-state index is 0.483. The number of piperidine rings is 3. The van der Waals surface area contributed by atoms with Crippen molar-refractivity contribution in [3.8, 4) is 0 Å². The van der Waals surface area contributed by atoms with Gasteiger partial charge in [0, 0.05) is 23.5 Å². The zero-order valence-corrected chi connectivity index (χ0v) is 12.6. The highest BCUT2D eigenvalue weighted by Gasteiger charge is 2.34. The van der Waals surface area contributed by atoms with Crippen LogP contribution in [0, 0.1) is 5.92 Å². The molecular weight excluding hydrogens is 296 g/mol. The third-order valence-electron chi connectivity index (χ3n) is 4.14. The second-order valence-electron chi connectivity index (χ2n) is 5.27. The second-order valence-corrected chi connectivity index (χ2v) is 7.77. The van der Waals surface area contributed by atoms with Gasteiger partial charge >= 0.3 is 0 Å². The molecule has 3 aliphatic rings. The Bertz CT molecular complexity index is 385. The lowest BCUT2D eigenvalue weighted by Gasteiger charge is -2.46. The van der Waals surface area contributed by atoms with E-state index >= 15 is 0 Å². The van der Waals surface area contributed by atoms with Crippen LogP contribution in [-0.2, 0) is 0 Å². The summed E-state index contributed by atoms with van der Waals surface area (Å²) in [6.45, 7) is 6.18. The van der Waals surface area contributed by atoms with Crippen molar-refractivity contribution in [2.24, 2.45) is 5.92 Å². The van der Waals surface area contributed by atoms with E-state index in [2.05, 4.69) is 45.2 Å². The van der Waals surface area contributed by atoms with Gasteiger partial charge in [-0.25, -0.2) is 0 Å². The van der Waals surface area contributed by atoms with Crippen LogP contribution in [0.3, 0.4) is 0 Å². The smallest absolute Gasteiger partial charge is 0.0701 e. The standard InChI is InChI=1S/C13H19BrN2S/c1-9(12-2-3-13(14)17-12)15-11-8-16-6-4-10(11)5-7-16/h2-3,9-11,15H,4-8H2,1H3. The molecule has 4 rings (SSSR count). The molecular formula is C13H19BrN2S. The van der Waals surface area contributed by atoms with Crippen molar-refractivity contribution in [1.82, 2.24) is 10.2 Å². The van der Waals surface area contributed by atoms with Gasteiger partial charge in [-0.3, -0.25) is 0 Å².